The van der Waals surface area contributed by atoms with Crippen molar-refractivity contribution in [1.82, 2.24) is 9.78 Å². The first-order valence-electron chi connectivity index (χ1n) is 10.8. The van der Waals surface area contributed by atoms with Gasteiger partial charge in [-0.05, 0) is 54.7 Å². The van der Waals surface area contributed by atoms with Crippen molar-refractivity contribution in [3.8, 4) is 11.3 Å². The maximum Gasteiger partial charge on any atom is 0.335 e. The van der Waals surface area contributed by atoms with Crippen LogP contribution in [0.1, 0.15) is 44.2 Å². The number of nitrogens with zero attached hydrogens (tertiary/aromatic N) is 2. The predicted octanol–water partition coefficient (Wildman–Crippen LogP) is 5.50. The monoisotopic (exact) mass is 489 g/mol. The summed E-state index contributed by atoms with van der Waals surface area (Å²) < 4.78 is 13.9. The van der Waals surface area contributed by atoms with Crippen molar-refractivity contribution in [2.75, 3.05) is 5.32 Å². The molecule has 9 heteroatoms. The molecule has 0 aliphatic heterocycles. The zero-order chi connectivity index (χ0) is 24.2. The van der Waals surface area contributed by atoms with Crippen LogP contribution in [0.25, 0.3) is 11.3 Å². The van der Waals surface area contributed by atoms with Gasteiger partial charge >= 0.3 is 7.60 Å². The first-order valence-corrected chi connectivity index (χ1v) is 12.8. The summed E-state index contributed by atoms with van der Waals surface area (Å²) in [6.07, 6.45) is 3.19. The van der Waals surface area contributed by atoms with Gasteiger partial charge in [-0.25, -0.2) is 0 Å². The van der Waals surface area contributed by atoms with Crippen LogP contribution in [0.2, 0.25) is 5.02 Å². The van der Waals surface area contributed by atoms with Crippen molar-refractivity contribution in [2.45, 2.75) is 44.7 Å². The minimum absolute atomic E-state index is 0.152. The number of halogens is 1. The molecule has 0 aliphatic rings. The second-order valence-corrected chi connectivity index (χ2v) is 10.4. The van der Waals surface area contributed by atoms with Crippen LogP contribution in [0.4, 0.5) is 5.69 Å². The molecule has 1 heterocycles. The molecule has 2 aromatic carbocycles. The van der Waals surface area contributed by atoms with E-state index in [1.54, 1.807) is 49.0 Å². The highest BCUT2D eigenvalue weighted by atomic mass is 35.5. The summed E-state index contributed by atoms with van der Waals surface area (Å²) in [5, 5.41) is 6.64. The fourth-order valence-electron chi connectivity index (χ4n) is 4.22. The number of aromatic nitrogens is 2. The number of hydrogen-bond acceptors (Lipinski definition) is 3. The van der Waals surface area contributed by atoms with Crippen molar-refractivity contribution < 1.29 is 19.1 Å². The standard InChI is InChI=1S/C24H29ClN3O4P/c1-4-24(5-2,33(30,31)32)19-9-13-21(14-10-19)27-22(29)15-8-18-16-26-28(3)23(18)17-6-11-20(25)12-7-17/h6-7,9-14,16H,4-5,8,15H2,1-3H3,(H,27,29)(H2,30,31,32). The highest BCUT2D eigenvalue weighted by Gasteiger charge is 2.45. The van der Waals surface area contributed by atoms with Crippen LogP contribution in [-0.2, 0) is 28.0 Å². The SMILES string of the molecule is CCC(CC)(c1ccc(NC(=O)CCc2cnn(C)c2-c2ccc(Cl)cc2)cc1)P(=O)(O)O. The highest BCUT2D eigenvalue weighted by molar-refractivity contribution is 7.53. The third-order valence-corrected chi connectivity index (χ3v) is 8.44. The van der Waals surface area contributed by atoms with E-state index < -0.39 is 12.8 Å². The van der Waals surface area contributed by atoms with E-state index in [2.05, 4.69) is 10.4 Å². The molecule has 0 saturated heterocycles. The van der Waals surface area contributed by atoms with Crippen LogP contribution in [0.3, 0.4) is 0 Å². The minimum atomic E-state index is -4.35. The number of amides is 1. The molecule has 0 spiro atoms. The van der Waals surface area contributed by atoms with Crippen LogP contribution >= 0.6 is 19.2 Å². The lowest BCUT2D eigenvalue weighted by molar-refractivity contribution is -0.116. The molecule has 0 radical (unpaired) electrons. The van der Waals surface area contributed by atoms with Crippen LogP contribution in [0.15, 0.2) is 54.7 Å². The molecule has 0 aliphatic carbocycles. The number of benzene rings is 2. The molecular weight excluding hydrogens is 461 g/mol. The van der Waals surface area contributed by atoms with E-state index in [0.717, 1.165) is 16.8 Å². The van der Waals surface area contributed by atoms with Gasteiger partial charge < -0.3 is 15.1 Å². The number of hydrogen-bond donors (Lipinski definition) is 3. The van der Waals surface area contributed by atoms with Gasteiger partial charge in [0.15, 0.2) is 0 Å². The zero-order valence-electron chi connectivity index (χ0n) is 19.0. The zero-order valence-corrected chi connectivity index (χ0v) is 20.6. The molecule has 1 amide bonds. The maximum atomic E-state index is 12.6. The van der Waals surface area contributed by atoms with Gasteiger partial charge in [0.1, 0.15) is 0 Å². The maximum absolute atomic E-state index is 12.6. The van der Waals surface area contributed by atoms with Crippen molar-refractivity contribution >= 4 is 30.8 Å². The summed E-state index contributed by atoms with van der Waals surface area (Å²) in [5.41, 5.74) is 4.03. The molecule has 7 nitrogen and oxygen atoms in total. The summed E-state index contributed by atoms with van der Waals surface area (Å²) in [7, 11) is -2.49. The Balaban J connectivity index is 1.68. The number of carbonyl (C=O) groups excluding carboxylic acids is 1. The minimum Gasteiger partial charge on any atom is -0.326 e. The molecule has 3 rings (SSSR count). The fourth-order valence-corrected chi connectivity index (χ4v) is 5.66. The van der Waals surface area contributed by atoms with E-state index in [4.69, 9.17) is 11.6 Å². The molecule has 0 saturated carbocycles. The average molecular weight is 490 g/mol. The predicted molar refractivity (Wildman–Crippen MR) is 131 cm³/mol. The van der Waals surface area contributed by atoms with Crippen LogP contribution in [0.5, 0.6) is 0 Å². The summed E-state index contributed by atoms with van der Waals surface area (Å²) in [6, 6.07) is 14.2. The fraction of sp³-hybridized carbons (Fsp3) is 0.333. The molecule has 0 atom stereocenters. The normalized spacial score (nSPS) is 12.1. The van der Waals surface area contributed by atoms with Gasteiger partial charge in [0.2, 0.25) is 5.91 Å². The summed E-state index contributed by atoms with van der Waals surface area (Å²) in [6.45, 7) is 3.55. The van der Waals surface area contributed by atoms with Crippen molar-refractivity contribution in [3.05, 3.63) is 70.9 Å². The van der Waals surface area contributed by atoms with E-state index in [-0.39, 0.29) is 12.3 Å². The second kappa shape index (κ2) is 10.2. The van der Waals surface area contributed by atoms with Crippen molar-refractivity contribution in [1.29, 1.82) is 0 Å². The molecule has 0 fully saturated rings. The Kier molecular flexibility index (Phi) is 7.80. The Morgan fingerprint density at radius 3 is 2.24 bits per heavy atom. The highest BCUT2D eigenvalue weighted by Crippen LogP contribution is 2.60. The number of nitrogens with one attached hydrogen (secondary N) is 1. The van der Waals surface area contributed by atoms with E-state index >= 15 is 0 Å². The molecule has 33 heavy (non-hydrogen) atoms. The van der Waals surface area contributed by atoms with Gasteiger partial charge in [0, 0.05) is 29.7 Å². The Bertz CT molecular complexity index is 1150. The largest absolute Gasteiger partial charge is 0.335 e. The van der Waals surface area contributed by atoms with Crippen molar-refractivity contribution in [3.63, 3.8) is 0 Å². The quantitative estimate of drug-likeness (QED) is 0.344. The van der Waals surface area contributed by atoms with Crippen LogP contribution < -0.4 is 5.32 Å². The van der Waals surface area contributed by atoms with Gasteiger partial charge in [0.05, 0.1) is 17.0 Å². The van der Waals surface area contributed by atoms with Crippen molar-refractivity contribution in [2.24, 2.45) is 7.05 Å². The summed E-state index contributed by atoms with van der Waals surface area (Å²) >= 11 is 5.99. The topological polar surface area (TPSA) is 104 Å². The lowest BCUT2D eigenvalue weighted by Crippen LogP contribution is -2.24. The number of anilines is 1. The molecule has 0 bridgehead atoms. The van der Waals surface area contributed by atoms with Gasteiger partial charge in [0.25, 0.3) is 0 Å². The van der Waals surface area contributed by atoms with Gasteiger partial charge in [-0.15, -0.1) is 0 Å². The Morgan fingerprint density at radius 1 is 1.09 bits per heavy atom. The van der Waals surface area contributed by atoms with Gasteiger partial charge in [-0.2, -0.15) is 5.10 Å². The first kappa shape index (κ1) is 25.2. The van der Waals surface area contributed by atoms with Crippen LogP contribution in [-0.4, -0.2) is 25.5 Å². The molecule has 3 N–H and O–H groups in total. The third-order valence-electron chi connectivity index (χ3n) is 6.19. The Morgan fingerprint density at radius 2 is 1.70 bits per heavy atom. The van der Waals surface area contributed by atoms with Gasteiger partial charge in [-0.3, -0.25) is 14.0 Å². The summed E-state index contributed by atoms with van der Waals surface area (Å²) in [4.78, 5) is 32.4. The molecule has 3 aromatic rings. The number of rotatable bonds is 9. The Hall–Kier alpha value is -2.44. The average Bonchev–Trinajstić information content (AvgIpc) is 3.14. The smallest absolute Gasteiger partial charge is 0.326 e. The van der Waals surface area contributed by atoms with E-state index in [9.17, 15) is 19.1 Å². The summed E-state index contributed by atoms with van der Waals surface area (Å²) in [5.74, 6) is -0.152. The number of aryl methyl sites for hydroxylation is 2. The molecule has 176 valence electrons. The van der Waals surface area contributed by atoms with E-state index in [1.165, 1.54) is 0 Å². The molecule has 1 aromatic heterocycles. The molecule has 0 unspecified atom stereocenters. The van der Waals surface area contributed by atoms with E-state index in [0.29, 0.717) is 35.5 Å². The van der Waals surface area contributed by atoms with Gasteiger partial charge in [-0.1, -0.05) is 49.7 Å². The molecular formula is C24H29ClN3O4P. The lowest BCUT2D eigenvalue weighted by atomic mass is 9.92. The number of carbonyl (C=O) groups is 1. The second-order valence-electron chi connectivity index (χ2n) is 8.06. The third kappa shape index (κ3) is 5.39. The first-order chi connectivity index (χ1) is 15.6. The Labute approximate surface area is 199 Å². The lowest BCUT2D eigenvalue weighted by Gasteiger charge is -2.33. The van der Waals surface area contributed by atoms with Crippen LogP contribution in [0, 0.1) is 0 Å². The van der Waals surface area contributed by atoms with E-state index in [1.807, 2.05) is 31.3 Å².